The molecule has 1 aliphatic heterocycles. The summed E-state index contributed by atoms with van der Waals surface area (Å²) in [7, 11) is 0. The van der Waals surface area contributed by atoms with E-state index in [0.717, 1.165) is 31.7 Å². The molecule has 3 rings (SSSR count). The van der Waals surface area contributed by atoms with Crippen molar-refractivity contribution in [3.8, 4) is 0 Å². The van der Waals surface area contributed by atoms with Crippen LogP contribution in [0.2, 0.25) is 0 Å². The molecule has 1 aromatic carbocycles. The lowest BCUT2D eigenvalue weighted by atomic mass is 9.99. The summed E-state index contributed by atoms with van der Waals surface area (Å²) in [4.78, 5) is 14.6. The molecule has 2 aliphatic rings. The zero-order valence-electron chi connectivity index (χ0n) is 14.2. The molecule has 4 nitrogen and oxygen atoms in total. The van der Waals surface area contributed by atoms with Crippen molar-refractivity contribution < 1.29 is 13.6 Å². The fourth-order valence-corrected chi connectivity index (χ4v) is 3.31. The molecule has 2 N–H and O–H groups in total. The van der Waals surface area contributed by atoms with Crippen LogP contribution in [0.1, 0.15) is 45.1 Å². The van der Waals surface area contributed by atoms with E-state index < -0.39 is 11.6 Å². The van der Waals surface area contributed by atoms with Gasteiger partial charge in [-0.15, -0.1) is 0 Å². The SMILES string of the molecule is CC(C)CC1CC(C(=O)N(Cc2ccc(F)cc2F)C2CC2)NN1. The smallest absolute Gasteiger partial charge is 0.241 e. The van der Waals surface area contributed by atoms with Crippen molar-refractivity contribution in [1.29, 1.82) is 0 Å². The highest BCUT2D eigenvalue weighted by Crippen LogP contribution is 2.30. The van der Waals surface area contributed by atoms with Crippen molar-refractivity contribution in [2.24, 2.45) is 5.92 Å². The topological polar surface area (TPSA) is 44.4 Å². The number of amides is 1. The summed E-state index contributed by atoms with van der Waals surface area (Å²) in [6, 6.07) is 3.71. The standard InChI is InChI=1S/C18H25F2N3O/c1-11(2)7-14-9-17(22-21-14)18(24)23(15-5-6-15)10-12-3-4-13(19)8-16(12)20/h3-4,8,11,14-15,17,21-22H,5-7,9-10H2,1-2H3. The van der Waals surface area contributed by atoms with Gasteiger partial charge in [0.2, 0.25) is 5.91 Å². The zero-order valence-corrected chi connectivity index (χ0v) is 14.2. The summed E-state index contributed by atoms with van der Waals surface area (Å²) in [5.41, 5.74) is 6.65. The van der Waals surface area contributed by atoms with Crippen molar-refractivity contribution in [2.75, 3.05) is 0 Å². The highest BCUT2D eigenvalue weighted by atomic mass is 19.1. The quantitative estimate of drug-likeness (QED) is 0.839. The van der Waals surface area contributed by atoms with Crippen LogP contribution in [0.15, 0.2) is 18.2 Å². The maximum atomic E-state index is 13.9. The molecule has 1 aliphatic carbocycles. The second kappa shape index (κ2) is 7.15. The summed E-state index contributed by atoms with van der Waals surface area (Å²) in [6.45, 7) is 4.51. The summed E-state index contributed by atoms with van der Waals surface area (Å²) >= 11 is 0. The second-order valence-corrected chi connectivity index (χ2v) is 7.34. The minimum atomic E-state index is -0.598. The Hall–Kier alpha value is -1.53. The Bertz CT molecular complexity index is 604. The number of carbonyl (C=O) groups excluding carboxylic acids is 1. The Morgan fingerprint density at radius 2 is 2.04 bits per heavy atom. The van der Waals surface area contributed by atoms with Crippen LogP contribution in [0.4, 0.5) is 8.78 Å². The minimum Gasteiger partial charge on any atom is -0.334 e. The first-order valence-corrected chi connectivity index (χ1v) is 8.69. The first kappa shape index (κ1) is 17.3. The highest BCUT2D eigenvalue weighted by Gasteiger charge is 2.39. The van der Waals surface area contributed by atoms with Gasteiger partial charge < -0.3 is 4.90 Å². The normalized spacial score (nSPS) is 23.7. The summed E-state index contributed by atoms with van der Waals surface area (Å²) in [6.07, 6.45) is 3.65. The Kier molecular flexibility index (Phi) is 5.15. The van der Waals surface area contributed by atoms with Gasteiger partial charge in [-0.05, 0) is 37.7 Å². The molecule has 2 unspecified atom stereocenters. The largest absolute Gasteiger partial charge is 0.334 e. The van der Waals surface area contributed by atoms with Gasteiger partial charge in [-0.2, -0.15) is 0 Å². The van der Waals surface area contributed by atoms with Crippen molar-refractivity contribution in [1.82, 2.24) is 15.8 Å². The van der Waals surface area contributed by atoms with E-state index in [1.165, 1.54) is 12.1 Å². The second-order valence-electron chi connectivity index (χ2n) is 7.34. The third-order valence-corrected chi connectivity index (χ3v) is 4.66. The number of hydrazine groups is 1. The molecule has 6 heteroatoms. The highest BCUT2D eigenvalue weighted by molar-refractivity contribution is 5.82. The lowest BCUT2D eigenvalue weighted by molar-refractivity contribution is -0.134. The number of nitrogens with zero attached hydrogens (tertiary/aromatic N) is 1. The molecule has 24 heavy (non-hydrogen) atoms. The van der Waals surface area contributed by atoms with E-state index in [1.807, 2.05) is 0 Å². The predicted molar refractivity (Wildman–Crippen MR) is 87.8 cm³/mol. The number of hydrogen-bond donors (Lipinski definition) is 2. The Labute approximate surface area is 141 Å². The van der Waals surface area contributed by atoms with Crippen LogP contribution >= 0.6 is 0 Å². The first-order valence-electron chi connectivity index (χ1n) is 8.69. The van der Waals surface area contributed by atoms with Crippen LogP contribution in [-0.4, -0.2) is 28.9 Å². The minimum absolute atomic E-state index is 0.0000175. The van der Waals surface area contributed by atoms with Gasteiger partial charge in [0.1, 0.15) is 17.7 Å². The molecular weight excluding hydrogens is 312 g/mol. The van der Waals surface area contributed by atoms with Crippen LogP contribution in [0.5, 0.6) is 0 Å². The Balaban J connectivity index is 1.66. The van der Waals surface area contributed by atoms with Gasteiger partial charge in [0.25, 0.3) is 0 Å². The average molecular weight is 337 g/mol. The van der Waals surface area contributed by atoms with Gasteiger partial charge in [-0.1, -0.05) is 19.9 Å². The summed E-state index contributed by atoms with van der Waals surface area (Å²) in [5.74, 6) is -0.631. The van der Waals surface area contributed by atoms with Crippen molar-refractivity contribution in [2.45, 2.75) is 64.2 Å². The molecule has 1 amide bonds. The molecule has 1 saturated carbocycles. The van der Waals surface area contributed by atoms with E-state index in [0.29, 0.717) is 11.5 Å². The monoisotopic (exact) mass is 337 g/mol. The predicted octanol–water partition coefficient (Wildman–Crippen LogP) is 2.74. The van der Waals surface area contributed by atoms with Crippen LogP contribution in [0, 0.1) is 17.6 Å². The van der Waals surface area contributed by atoms with Crippen LogP contribution < -0.4 is 10.9 Å². The third-order valence-electron chi connectivity index (χ3n) is 4.66. The molecule has 132 valence electrons. The fourth-order valence-electron chi connectivity index (χ4n) is 3.31. The fraction of sp³-hybridized carbons (Fsp3) is 0.611. The van der Waals surface area contributed by atoms with E-state index in [2.05, 4.69) is 24.7 Å². The van der Waals surface area contributed by atoms with Crippen LogP contribution in [0.25, 0.3) is 0 Å². The molecule has 0 bridgehead atoms. The molecule has 0 radical (unpaired) electrons. The van der Waals surface area contributed by atoms with E-state index >= 15 is 0 Å². The average Bonchev–Trinajstić information content (AvgIpc) is 3.25. The molecular formula is C18H25F2N3O. The lowest BCUT2D eigenvalue weighted by Gasteiger charge is -2.25. The number of rotatable bonds is 6. The Morgan fingerprint density at radius 3 is 2.67 bits per heavy atom. The van der Waals surface area contributed by atoms with E-state index in [-0.39, 0.29) is 30.6 Å². The molecule has 1 heterocycles. The van der Waals surface area contributed by atoms with Crippen LogP contribution in [-0.2, 0) is 11.3 Å². The third kappa shape index (κ3) is 4.11. The van der Waals surface area contributed by atoms with E-state index in [9.17, 15) is 13.6 Å². The van der Waals surface area contributed by atoms with Crippen molar-refractivity contribution >= 4 is 5.91 Å². The molecule has 1 saturated heterocycles. The molecule has 2 atom stereocenters. The molecule has 2 fully saturated rings. The van der Waals surface area contributed by atoms with Crippen molar-refractivity contribution in [3.05, 3.63) is 35.4 Å². The van der Waals surface area contributed by atoms with Gasteiger partial charge in [-0.25, -0.2) is 14.2 Å². The maximum absolute atomic E-state index is 13.9. The van der Waals surface area contributed by atoms with Gasteiger partial charge >= 0.3 is 0 Å². The number of nitrogens with one attached hydrogen (secondary N) is 2. The lowest BCUT2D eigenvalue weighted by Crippen LogP contribution is -2.46. The zero-order chi connectivity index (χ0) is 17.3. The van der Waals surface area contributed by atoms with Crippen LogP contribution in [0.3, 0.4) is 0 Å². The summed E-state index contributed by atoms with van der Waals surface area (Å²) in [5, 5.41) is 0. The van der Waals surface area contributed by atoms with E-state index in [1.54, 1.807) is 4.90 Å². The number of benzene rings is 1. The number of halogens is 2. The number of hydrogen-bond acceptors (Lipinski definition) is 3. The van der Waals surface area contributed by atoms with Gasteiger partial charge in [0.05, 0.1) is 0 Å². The summed E-state index contributed by atoms with van der Waals surface area (Å²) < 4.78 is 27.0. The number of carbonyl (C=O) groups is 1. The first-order chi connectivity index (χ1) is 11.4. The molecule has 0 aromatic heterocycles. The van der Waals surface area contributed by atoms with Gasteiger partial charge in [0, 0.05) is 30.3 Å². The Morgan fingerprint density at radius 1 is 1.29 bits per heavy atom. The molecule has 1 aromatic rings. The van der Waals surface area contributed by atoms with Crippen molar-refractivity contribution in [3.63, 3.8) is 0 Å². The maximum Gasteiger partial charge on any atom is 0.241 e. The van der Waals surface area contributed by atoms with Gasteiger partial charge in [-0.3, -0.25) is 10.2 Å². The van der Waals surface area contributed by atoms with E-state index in [4.69, 9.17) is 0 Å². The van der Waals surface area contributed by atoms with Gasteiger partial charge in [0.15, 0.2) is 0 Å². The molecule has 0 spiro atoms.